The summed E-state index contributed by atoms with van der Waals surface area (Å²) in [5, 5.41) is 9.97. The second-order valence-corrected chi connectivity index (χ2v) is 7.88. The van der Waals surface area contributed by atoms with Crippen LogP contribution in [0.3, 0.4) is 0 Å². The molecule has 4 heteroatoms. The third-order valence-corrected chi connectivity index (χ3v) is 6.62. The van der Waals surface area contributed by atoms with Gasteiger partial charge in [-0.1, -0.05) is 52.7 Å². The highest BCUT2D eigenvalue weighted by molar-refractivity contribution is 7.99. The summed E-state index contributed by atoms with van der Waals surface area (Å²) in [6, 6.07) is 8.13. The van der Waals surface area contributed by atoms with Crippen molar-refractivity contribution in [2.45, 2.75) is 58.0 Å². The second kappa shape index (κ2) is 10.7. The summed E-state index contributed by atoms with van der Waals surface area (Å²) in [6.45, 7) is 8.55. The number of thioether (sulfide) groups is 1. The fourth-order valence-corrected chi connectivity index (χ4v) is 4.23. The van der Waals surface area contributed by atoms with Crippen LogP contribution in [0.4, 0.5) is 0 Å². The molecule has 0 fully saturated rings. The summed E-state index contributed by atoms with van der Waals surface area (Å²) in [5.74, 6) is 1.60. The lowest BCUT2D eigenvalue weighted by molar-refractivity contribution is -0.143. The van der Waals surface area contributed by atoms with Crippen molar-refractivity contribution in [2.24, 2.45) is 17.8 Å². The number of carbonyl (C=O) groups is 1. The normalized spacial score (nSPS) is 16.2. The minimum absolute atomic E-state index is 0.218. The van der Waals surface area contributed by atoms with Crippen molar-refractivity contribution in [3.8, 4) is 5.75 Å². The van der Waals surface area contributed by atoms with Crippen LogP contribution in [0.15, 0.2) is 24.3 Å². The molecular formula is C20H32O3S. The molecule has 24 heavy (non-hydrogen) atoms. The highest BCUT2D eigenvalue weighted by atomic mass is 32.2. The number of carboxylic acid groups (broad SMARTS) is 1. The van der Waals surface area contributed by atoms with Crippen molar-refractivity contribution >= 4 is 17.7 Å². The van der Waals surface area contributed by atoms with Gasteiger partial charge in [-0.15, -0.1) is 0 Å². The Kier molecular flexibility index (Phi) is 9.27. The maximum atomic E-state index is 11.7. The Morgan fingerprint density at radius 3 is 2.17 bits per heavy atom. The van der Waals surface area contributed by atoms with Crippen molar-refractivity contribution in [1.29, 1.82) is 0 Å². The lowest BCUT2D eigenvalue weighted by atomic mass is 9.85. The van der Waals surface area contributed by atoms with Crippen molar-refractivity contribution in [3.63, 3.8) is 0 Å². The molecule has 0 aliphatic carbocycles. The maximum absolute atomic E-state index is 11.7. The van der Waals surface area contributed by atoms with Gasteiger partial charge in [-0.25, -0.2) is 0 Å². The third-order valence-electron chi connectivity index (χ3n) is 5.04. The first-order valence-electron chi connectivity index (χ1n) is 8.90. The van der Waals surface area contributed by atoms with E-state index in [0.717, 1.165) is 30.8 Å². The fourth-order valence-electron chi connectivity index (χ4n) is 2.76. The summed E-state index contributed by atoms with van der Waals surface area (Å²) in [6.07, 6.45) is 2.74. The first-order valence-corrected chi connectivity index (χ1v) is 9.95. The molecule has 1 N–H and O–H groups in total. The number of carboxylic acids is 1. The molecule has 0 saturated heterocycles. The Balaban J connectivity index is 2.75. The maximum Gasteiger partial charge on any atom is 0.306 e. The molecule has 0 radical (unpaired) electrons. The second-order valence-electron chi connectivity index (χ2n) is 6.65. The van der Waals surface area contributed by atoms with E-state index in [1.165, 1.54) is 5.56 Å². The van der Waals surface area contributed by atoms with Crippen LogP contribution in [-0.4, -0.2) is 23.4 Å². The van der Waals surface area contributed by atoms with Crippen LogP contribution in [0.25, 0.3) is 0 Å². The highest BCUT2D eigenvalue weighted by Gasteiger charge is 2.29. The smallest absolute Gasteiger partial charge is 0.306 e. The largest absolute Gasteiger partial charge is 0.497 e. The van der Waals surface area contributed by atoms with Crippen LogP contribution >= 0.6 is 11.8 Å². The van der Waals surface area contributed by atoms with Crippen molar-refractivity contribution < 1.29 is 14.6 Å². The van der Waals surface area contributed by atoms with Crippen molar-refractivity contribution in [2.75, 3.05) is 7.11 Å². The predicted molar refractivity (Wildman–Crippen MR) is 103 cm³/mol. The van der Waals surface area contributed by atoms with Gasteiger partial charge in [0.1, 0.15) is 5.75 Å². The lowest BCUT2D eigenvalue weighted by Gasteiger charge is -2.28. The topological polar surface area (TPSA) is 46.5 Å². The van der Waals surface area contributed by atoms with Gasteiger partial charge in [0.05, 0.1) is 13.0 Å². The van der Waals surface area contributed by atoms with Crippen LogP contribution in [0.5, 0.6) is 5.75 Å². The molecule has 0 amide bonds. The van der Waals surface area contributed by atoms with Crippen molar-refractivity contribution in [1.82, 2.24) is 0 Å². The molecule has 0 bridgehead atoms. The van der Waals surface area contributed by atoms with Gasteiger partial charge in [-0.3, -0.25) is 4.79 Å². The minimum atomic E-state index is -0.650. The molecule has 0 spiro atoms. The lowest BCUT2D eigenvalue weighted by Crippen LogP contribution is -2.28. The Morgan fingerprint density at radius 1 is 1.12 bits per heavy atom. The number of rotatable bonds is 11. The highest BCUT2D eigenvalue weighted by Crippen LogP contribution is 2.34. The molecule has 4 atom stereocenters. The molecule has 0 aromatic heterocycles. The summed E-state index contributed by atoms with van der Waals surface area (Å²) in [4.78, 5) is 11.7. The summed E-state index contributed by atoms with van der Waals surface area (Å²) in [7, 11) is 1.67. The number of methoxy groups -OCH3 is 1. The third kappa shape index (κ3) is 6.39. The quantitative estimate of drug-likeness (QED) is 0.573. The Bertz CT molecular complexity index is 486. The minimum Gasteiger partial charge on any atom is -0.497 e. The van der Waals surface area contributed by atoms with Crippen LogP contribution < -0.4 is 4.74 Å². The Hall–Kier alpha value is -1.16. The molecule has 0 saturated carbocycles. The first-order chi connectivity index (χ1) is 11.4. The summed E-state index contributed by atoms with van der Waals surface area (Å²) in [5.41, 5.74) is 1.25. The van der Waals surface area contributed by atoms with E-state index in [0.29, 0.717) is 11.2 Å². The molecular weight excluding hydrogens is 320 g/mol. The van der Waals surface area contributed by atoms with Crippen molar-refractivity contribution in [3.05, 3.63) is 29.8 Å². The molecule has 0 aliphatic heterocycles. The average Bonchev–Trinajstić information content (AvgIpc) is 2.60. The zero-order valence-corrected chi connectivity index (χ0v) is 16.4. The predicted octanol–water partition coefficient (Wildman–Crippen LogP) is 5.48. The SMILES string of the molecule is CC[C@@H](C)[C@@H](C[C@H](SCc1ccc(OC)cc1)[C@@H](C)CC)C(=O)O. The number of benzene rings is 1. The van der Waals surface area contributed by atoms with E-state index in [-0.39, 0.29) is 11.8 Å². The van der Waals surface area contributed by atoms with E-state index in [1.54, 1.807) is 7.11 Å². The van der Waals surface area contributed by atoms with E-state index in [9.17, 15) is 9.90 Å². The zero-order valence-electron chi connectivity index (χ0n) is 15.6. The molecule has 1 aromatic rings. The number of hydrogen-bond donors (Lipinski definition) is 1. The van der Waals surface area contributed by atoms with Gasteiger partial charge in [-0.2, -0.15) is 11.8 Å². The fraction of sp³-hybridized carbons (Fsp3) is 0.650. The monoisotopic (exact) mass is 352 g/mol. The van der Waals surface area contributed by atoms with Crippen LogP contribution in [-0.2, 0) is 10.5 Å². The Labute approximate surface area is 151 Å². The summed E-state index contributed by atoms with van der Waals surface area (Å²) >= 11 is 1.89. The van der Waals surface area contributed by atoms with Gasteiger partial charge < -0.3 is 9.84 Å². The molecule has 1 aromatic carbocycles. The number of ether oxygens (including phenoxy) is 1. The number of aliphatic carboxylic acids is 1. The molecule has 3 nitrogen and oxygen atoms in total. The van der Waals surface area contributed by atoms with Gasteiger partial charge in [0, 0.05) is 11.0 Å². The van der Waals surface area contributed by atoms with Gasteiger partial charge in [0.25, 0.3) is 0 Å². The molecule has 136 valence electrons. The van der Waals surface area contributed by atoms with E-state index in [2.05, 4.69) is 39.8 Å². The molecule has 1 rings (SSSR count). The van der Waals surface area contributed by atoms with Gasteiger partial charge in [0.15, 0.2) is 0 Å². The van der Waals surface area contributed by atoms with Gasteiger partial charge in [0.2, 0.25) is 0 Å². The molecule has 0 heterocycles. The molecule has 0 aliphatic rings. The van der Waals surface area contributed by atoms with Crippen LogP contribution in [0, 0.1) is 17.8 Å². The van der Waals surface area contributed by atoms with E-state index in [4.69, 9.17) is 4.74 Å². The molecule has 0 unspecified atom stereocenters. The van der Waals surface area contributed by atoms with Crippen LogP contribution in [0.2, 0.25) is 0 Å². The zero-order chi connectivity index (χ0) is 18.1. The van der Waals surface area contributed by atoms with E-state index in [1.807, 2.05) is 23.9 Å². The van der Waals surface area contributed by atoms with E-state index >= 15 is 0 Å². The standard InChI is InChI=1S/C20H32O3S/c1-6-14(3)18(20(21)22)12-19(15(4)7-2)24-13-16-8-10-17(23-5)11-9-16/h8-11,14-15,18-19H,6-7,12-13H2,1-5H3,(H,21,22)/t14-,15+,18-,19+/m1/s1. The average molecular weight is 353 g/mol. The Morgan fingerprint density at radius 2 is 1.71 bits per heavy atom. The van der Waals surface area contributed by atoms with Crippen LogP contribution in [0.1, 0.15) is 52.5 Å². The number of hydrogen-bond acceptors (Lipinski definition) is 3. The summed E-state index contributed by atoms with van der Waals surface area (Å²) < 4.78 is 5.20. The first kappa shape index (κ1) is 20.9. The van der Waals surface area contributed by atoms with E-state index < -0.39 is 5.97 Å². The van der Waals surface area contributed by atoms with Gasteiger partial charge in [-0.05, 0) is 36.0 Å². The van der Waals surface area contributed by atoms with Gasteiger partial charge >= 0.3 is 5.97 Å².